The molecule has 1 aromatic heterocycles. The van der Waals surface area contributed by atoms with E-state index in [1.54, 1.807) is 18.4 Å². The highest BCUT2D eigenvalue weighted by Crippen LogP contribution is 2.34. The van der Waals surface area contributed by atoms with E-state index in [4.69, 9.17) is 4.74 Å². The molecule has 3 heteroatoms. The maximum atomic E-state index is 12.8. The number of aryl methyl sites for hydroxylation is 4. The second-order valence-electron chi connectivity index (χ2n) is 5.40. The summed E-state index contributed by atoms with van der Waals surface area (Å²) < 4.78 is 5.41. The molecule has 0 radical (unpaired) electrons. The Morgan fingerprint density at radius 2 is 2.00 bits per heavy atom. The van der Waals surface area contributed by atoms with Gasteiger partial charge in [0.15, 0.2) is 0 Å². The van der Waals surface area contributed by atoms with Crippen LogP contribution in [-0.4, -0.2) is 12.9 Å². The lowest BCUT2D eigenvalue weighted by molar-refractivity contribution is 0.103. The second-order valence-corrected chi connectivity index (χ2v) is 6.54. The molecule has 0 saturated carbocycles. The number of hydrogen-bond donors (Lipinski definition) is 0. The fourth-order valence-corrected chi connectivity index (χ4v) is 4.14. The molecule has 0 unspecified atom stereocenters. The van der Waals surface area contributed by atoms with Crippen molar-refractivity contribution < 1.29 is 9.53 Å². The van der Waals surface area contributed by atoms with Gasteiger partial charge >= 0.3 is 0 Å². The van der Waals surface area contributed by atoms with Gasteiger partial charge in [0.05, 0.1) is 17.6 Å². The highest BCUT2D eigenvalue weighted by molar-refractivity contribution is 7.14. The van der Waals surface area contributed by atoms with Gasteiger partial charge in [-0.2, -0.15) is 0 Å². The highest BCUT2D eigenvalue weighted by atomic mass is 32.1. The summed E-state index contributed by atoms with van der Waals surface area (Å²) in [6.45, 7) is 3.99. The molecule has 1 heterocycles. The van der Waals surface area contributed by atoms with Gasteiger partial charge in [-0.15, -0.1) is 11.3 Å². The third-order valence-corrected chi connectivity index (χ3v) is 5.10. The Balaban J connectivity index is 2.05. The number of benzene rings is 1. The first-order valence-corrected chi connectivity index (χ1v) is 7.73. The summed E-state index contributed by atoms with van der Waals surface area (Å²) in [5, 5.41) is 0. The quantitative estimate of drug-likeness (QED) is 0.794. The largest absolute Gasteiger partial charge is 0.496 e. The number of fused-ring (bicyclic) bond motifs is 1. The van der Waals surface area contributed by atoms with Crippen molar-refractivity contribution in [3.05, 3.63) is 50.2 Å². The van der Waals surface area contributed by atoms with Crippen molar-refractivity contribution in [3.63, 3.8) is 0 Å². The lowest BCUT2D eigenvalue weighted by Crippen LogP contribution is -2.05. The number of thiophene rings is 1. The van der Waals surface area contributed by atoms with Crippen molar-refractivity contribution in [3.8, 4) is 5.75 Å². The number of methoxy groups -OCH3 is 1. The SMILES string of the molecule is COc1cc(C)cc(C)c1C(=O)c1cc2c(s1)CCC2. The van der Waals surface area contributed by atoms with Crippen molar-refractivity contribution in [1.29, 1.82) is 0 Å². The van der Waals surface area contributed by atoms with Crippen molar-refractivity contribution in [2.45, 2.75) is 33.1 Å². The molecule has 0 bridgehead atoms. The molecule has 104 valence electrons. The molecule has 1 aliphatic carbocycles. The summed E-state index contributed by atoms with van der Waals surface area (Å²) in [5.74, 6) is 0.778. The molecular weight excluding hydrogens is 268 g/mol. The van der Waals surface area contributed by atoms with Crippen LogP contribution in [-0.2, 0) is 12.8 Å². The summed E-state index contributed by atoms with van der Waals surface area (Å²) in [6.07, 6.45) is 3.46. The molecule has 20 heavy (non-hydrogen) atoms. The van der Waals surface area contributed by atoms with E-state index in [2.05, 4.69) is 6.07 Å². The molecule has 0 spiro atoms. The number of hydrogen-bond acceptors (Lipinski definition) is 3. The summed E-state index contributed by atoms with van der Waals surface area (Å²) >= 11 is 1.65. The minimum atomic E-state index is 0.0961. The molecule has 3 rings (SSSR count). The topological polar surface area (TPSA) is 26.3 Å². The number of carbonyl (C=O) groups is 1. The first-order chi connectivity index (χ1) is 9.60. The van der Waals surface area contributed by atoms with E-state index >= 15 is 0 Å². The van der Waals surface area contributed by atoms with Crippen LogP contribution in [0.2, 0.25) is 0 Å². The molecule has 0 saturated heterocycles. The van der Waals surface area contributed by atoms with Crippen LogP contribution >= 0.6 is 11.3 Å². The Labute approximate surface area is 123 Å². The molecule has 0 fully saturated rings. The van der Waals surface area contributed by atoms with Crippen LogP contribution in [0.1, 0.15) is 43.2 Å². The van der Waals surface area contributed by atoms with Crippen LogP contribution < -0.4 is 4.74 Å². The van der Waals surface area contributed by atoms with Gasteiger partial charge in [-0.05, 0) is 61.9 Å². The average molecular weight is 286 g/mol. The predicted octanol–water partition coefficient (Wildman–Crippen LogP) is 4.09. The molecule has 1 aliphatic rings. The van der Waals surface area contributed by atoms with E-state index in [-0.39, 0.29) is 5.78 Å². The average Bonchev–Trinajstić information content (AvgIpc) is 2.97. The van der Waals surface area contributed by atoms with E-state index in [9.17, 15) is 4.79 Å². The van der Waals surface area contributed by atoms with Gasteiger partial charge in [0.2, 0.25) is 5.78 Å². The zero-order valence-electron chi connectivity index (χ0n) is 12.1. The minimum absolute atomic E-state index is 0.0961. The third-order valence-electron chi connectivity index (χ3n) is 3.86. The molecular formula is C17H18O2S. The van der Waals surface area contributed by atoms with Crippen molar-refractivity contribution in [2.24, 2.45) is 0 Å². The van der Waals surface area contributed by atoms with E-state index in [0.717, 1.165) is 28.8 Å². The van der Waals surface area contributed by atoms with Crippen LogP contribution in [0.4, 0.5) is 0 Å². The van der Waals surface area contributed by atoms with Gasteiger partial charge in [-0.25, -0.2) is 0 Å². The molecule has 2 aromatic rings. The van der Waals surface area contributed by atoms with Crippen LogP contribution in [0.5, 0.6) is 5.75 Å². The number of ketones is 1. The molecule has 0 amide bonds. The Bertz CT molecular complexity index is 661. The first-order valence-electron chi connectivity index (χ1n) is 6.91. The van der Waals surface area contributed by atoms with Crippen LogP contribution in [0.25, 0.3) is 0 Å². The van der Waals surface area contributed by atoms with Crippen LogP contribution in [0, 0.1) is 13.8 Å². The van der Waals surface area contributed by atoms with Crippen molar-refractivity contribution >= 4 is 17.1 Å². The Hall–Kier alpha value is -1.61. The Kier molecular flexibility index (Phi) is 3.38. The van der Waals surface area contributed by atoms with Gasteiger partial charge in [-0.3, -0.25) is 4.79 Å². The van der Waals surface area contributed by atoms with Crippen molar-refractivity contribution in [1.82, 2.24) is 0 Å². The van der Waals surface area contributed by atoms with Gasteiger partial charge < -0.3 is 4.74 Å². The zero-order chi connectivity index (χ0) is 14.3. The van der Waals surface area contributed by atoms with Crippen LogP contribution in [0.15, 0.2) is 18.2 Å². The molecule has 2 nitrogen and oxygen atoms in total. The maximum absolute atomic E-state index is 12.8. The fourth-order valence-electron chi connectivity index (χ4n) is 2.94. The van der Waals surface area contributed by atoms with Gasteiger partial charge in [0.25, 0.3) is 0 Å². The second kappa shape index (κ2) is 5.06. The molecule has 0 aliphatic heterocycles. The van der Waals surface area contributed by atoms with Gasteiger partial charge in [-0.1, -0.05) is 6.07 Å². The Morgan fingerprint density at radius 1 is 1.20 bits per heavy atom. The van der Waals surface area contributed by atoms with Gasteiger partial charge in [0, 0.05) is 4.88 Å². The summed E-state index contributed by atoms with van der Waals surface area (Å²) in [4.78, 5) is 15.0. The fraction of sp³-hybridized carbons (Fsp3) is 0.353. The monoisotopic (exact) mass is 286 g/mol. The molecule has 0 N–H and O–H groups in total. The molecule has 0 atom stereocenters. The van der Waals surface area contributed by atoms with E-state index < -0.39 is 0 Å². The van der Waals surface area contributed by atoms with E-state index in [1.807, 2.05) is 26.0 Å². The van der Waals surface area contributed by atoms with E-state index in [0.29, 0.717) is 11.3 Å². The zero-order valence-corrected chi connectivity index (χ0v) is 12.9. The molecule has 1 aromatic carbocycles. The summed E-state index contributed by atoms with van der Waals surface area (Å²) in [7, 11) is 1.62. The standard InChI is InChI=1S/C17H18O2S/c1-10-7-11(2)16(13(8-10)19-3)17(18)15-9-12-5-4-6-14(12)20-15/h7-9H,4-6H2,1-3H3. The lowest BCUT2D eigenvalue weighted by atomic mass is 9.99. The number of carbonyl (C=O) groups excluding carboxylic acids is 1. The minimum Gasteiger partial charge on any atom is -0.496 e. The lowest BCUT2D eigenvalue weighted by Gasteiger charge is -2.11. The van der Waals surface area contributed by atoms with Crippen LogP contribution in [0.3, 0.4) is 0 Å². The third kappa shape index (κ3) is 2.16. The van der Waals surface area contributed by atoms with Gasteiger partial charge in [0.1, 0.15) is 5.75 Å². The first kappa shape index (κ1) is 13.4. The normalized spacial score (nSPS) is 13.3. The maximum Gasteiger partial charge on any atom is 0.206 e. The predicted molar refractivity (Wildman–Crippen MR) is 82.2 cm³/mol. The summed E-state index contributed by atoms with van der Waals surface area (Å²) in [6, 6.07) is 6.05. The smallest absolute Gasteiger partial charge is 0.206 e. The van der Waals surface area contributed by atoms with E-state index in [1.165, 1.54) is 16.9 Å². The number of ether oxygens (including phenoxy) is 1. The Morgan fingerprint density at radius 3 is 2.70 bits per heavy atom. The number of rotatable bonds is 3. The summed E-state index contributed by atoms with van der Waals surface area (Å²) in [5.41, 5.74) is 4.17. The van der Waals surface area contributed by atoms with Crippen molar-refractivity contribution in [2.75, 3.05) is 7.11 Å². The highest BCUT2D eigenvalue weighted by Gasteiger charge is 2.23.